The Labute approximate surface area is 458 Å². The largest absolute Gasteiger partial charge is 0.278 e. The SMILES string of the molecule is c1ccc([Si](c2ccccc2)(c2ccccc2)c2cccc(-c3nc(-n4c5ccccc5c5ccc([Si](c6ccccc6)(c6ccccc6)c6ccccc6)cc54)nc(-n4c5ccccc5n5c6ccccc6nc45)n3)c2)cc1. The Bertz CT molecular complexity index is 4520. The van der Waals surface area contributed by atoms with Crippen LogP contribution in [0.25, 0.3) is 72.9 Å². The van der Waals surface area contributed by atoms with Crippen molar-refractivity contribution in [1.82, 2.24) is 33.5 Å². The average Bonchev–Trinajstić information content (AvgIpc) is 4.42. The smallest absolute Gasteiger partial charge is 0.242 e. The molecule has 0 saturated heterocycles. The van der Waals surface area contributed by atoms with Crippen molar-refractivity contribution in [2.75, 3.05) is 0 Å². The minimum Gasteiger partial charge on any atom is -0.278 e. The quantitative estimate of drug-likeness (QED) is 0.0957. The Kier molecular flexibility index (Phi) is 11.1. The van der Waals surface area contributed by atoms with E-state index in [2.05, 4.69) is 305 Å². The van der Waals surface area contributed by atoms with Crippen LogP contribution in [0.1, 0.15) is 0 Å². The maximum absolute atomic E-state index is 5.69. The first-order chi connectivity index (χ1) is 39.2. The molecule has 4 aromatic heterocycles. The molecule has 15 rings (SSSR count). The fourth-order valence-electron chi connectivity index (χ4n) is 12.7. The third-order valence-electron chi connectivity index (χ3n) is 16.0. The lowest BCUT2D eigenvalue weighted by molar-refractivity contribution is 0.885. The van der Waals surface area contributed by atoms with Crippen molar-refractivity contribution in [3.8, 4) is 23.3 Å². The van der Waals surface area contributed by atoms with E-state index in [4.69, 9.17) is 19.9 Å². The molecule has 0 bridgehead atoms. The normalized spacial score (nSPS) is 12.1. The zero-order valence-corrected chi connectivity index (χ0v) is 44.9. The van der Waals surface area contributed by atoms with Gasteiger partial charge in [0.1, 0.15) is 0 Å². The van der Waals surface area contributed by atoms with Crippen LogP contribution in [0.5, 0.6) is 0 Å². The predicted molar refractivity (Wildman–Crippen MR) is 330 cm³/mol. The van der Waals surface area contributed by atoms with Crippen molar-refractivity contribution in [3.63, 3.8) is 0 Å². The highest BCUT2D eigenvalue weighted by molar-refractivity contribution is 7.20. The summed E-state index contributed by atoms with van der Waals surface area (Å²) in [6.07, 6.45) is 0. The summed E-state index contributed by atoms with van der Waals surface area (Å²) in [5.41, 5.74) is 6.73. The van der Waals surface area contributed by atoms with E-state index in [-0.39, 0.29) is 0 Å². The van der Waals surface area contributed by atoms with E-state index in [1.807, 2.05) is 6.07 Å². The first-order valence-electron chi connectivity index (χ1n) is 26.8. The molecule has 0 atom stereocenters. The zero-order chi connectivity index (χ0) is 52.3. The lowest BCUT2D eigenvalue weighted by Crippen LogP contribution is -2.74. The van der Waals surface area contributed by atoms with Crippen LogP contribution >= 0.6 is 0 Å². The molecule has 0 aliphatic carbocycles. The van der Waals surface area contributed by atoms with E-state index in [1.54, 1.807) is 0 Å². The minimum absolute atomic E-state index is 0.466. The highest BCUT2D eigenvalue weighted by atomic mass is 28.3. The summed E-state index contributed by atoms with van der Waals surface area (Å²) >= 11 is 0. The Morgan fingerprint density at radius 1 is 0.253 bits per heavy atom. The lowest BCUT2D eigenvalue weighted by atomic mass is 10.1. The van der Waals surface area contributed by atoms with Gasteiger partial charge >= 0.3 is 0 Å². The third kappa shape index (κ3) is 7.24. The Morgan fingerprint density at radius 2 is 0.658 bits per heavy atom. The van der Waals surface area contributed by atoms with Gasteiger partial charge in [-0.25, -0.2) is 9.55 Å². The second-order valence-corrected chi connectivity index (χ2v) is 27.8. The molecule has 0 unspecified atom stereocenters. The number of benzene rings is 11. The average molecular weight is 1040 g/mol. The first kappa shape index (κ1) is 46.3. The van der Waals surface area contributed by atoms with Gasteiger partial charge in [0, 0.05) is 16.3 Å². The number of aromatic nitrogens is 7. The van der Waals surface area contributed by atoms with Crippen LogP contribution in [0, 0.1) is 0 Å². The molecule has 0 aliphatic heterocycles. The van der Waals surface area contributed by atoms with E-state index >= 15 is 0 Å². The fraction of sp³-hybridized carbons (Fsp3) is 0. The van der Waals surface area contributed by atoms with Crippen molar-refractivity contribution < 1.29 is 0 Å². The molecular weight excluding hydrogens is 995 g/mol. The first-order valence-corrected chi connectivity index (χ1v) is 30.8. The van der Waals surface area contributed by atoms with Gasteiger partial charge in [-0.3, -0.25) is 8.97 Å². The predicted octanol–water partition coefficient (Wildman–Crippen LogP) is 10.1. The molecule has 0 aliphatic rings. The van der Waals surface area contributed by atoms with Crippen molar-refractivity contribution in [2.45, 2.75) is 0 Å². The van der Waals surface area contributed by atoms with Gasteiger partial charge in [0.2, 0.25) is 17.7 Å². The topological polar surface area (TPSA) is 65.8 Å². The van der Waals surface area contributed by atoms with Gasteiger partial charge < -0.3 is 0 Å². The van der Waals surface area contributed by atoms with E-state index in [0.29, 0.717) is 17.7 Å². The van der Waals surface area contributed by atoms with Crippen LogP contribution in [0.4, 0.5) is 0 Å². The third-order valence-corrected chi connectivity index (χ3v) is 25.6. The van der Waals surface area contributed by atoms with Gasteiger partial charge in [-0.05, 0) is 77.9 Å². The summed E-state index contributed by atoms with van der Waals surface area (Å²) in [6.45, 7) is 0. The number of hydrogen-bond donors (Lipinski definition) is 0. The number of nitrogens with zero attached hydrogens (tertiary/aromatic N) is 7. The van der Waals surface area contributed by atoms with Gasteiger partial charge in [0.25, 0.3) is 0 Å². The summed E-state index contributed by atoms with van der Waals surface area (Å²) in [6, 6.07) is 108. The van der Waals surface area contributed by atoms with Crippen LogP contribution in [0.3, 0.4) is 0 Å². The zero-order valence-electron chi connectivity index (χ0n) is 42.9. The number of fused-ring (bicyclic) bond motifs is 8. The van der Waals surface area contributed by atoms with Crippen LogP contribution in [0.2, 0.25) is 0 Å². The molecule has 9 heteroatoms. The molecule has 0 N–H and O–H groups in total. The van der Waals surface area contributed by atoms with Crippen LogP contribution in [-0.2, 0) is 0 Å². The lowest BCUT2D eigenvalue weighted by Gasteiger charge is -2.34. The van der Waals surface area contributed by atoms with Crippen molar-refractivity contribution in [3.05, 3.63) is 297 Å². The molecule has 11 aromatic carbocycles. The summed E-state index contributed by atoms with van der Waals surface area (Å²) in [4.78, 5) is 22.3. The molecule has 7 nitrogen and oxygen atoms in total. The van der Waals surface area contributed by atoms with Gasteiger partial charge in [-0.2, -0.15) is 15.0 Å². The fourth-order valence-corrected chi connectivity index (χ4v) is 22.2. The minimum atomic E-state index is -2.97. The Hall–Kier alpha value is -10.1. The number of rotatable bonds is 11. The highest BCUT2D eigenvalue weighted by Crippen LogP contribution is 2.34. The van der Waals surface area contributed by atoms with Crippen molar-refractivity contribution >= 4 is 107 Å². The van der Waals surface area contributed by atoms with Gasteiger partial charge in [0.05, 0.1) is 33.1 Å². The van der Waals surface area contributed by atoms with Crippen molar-refractivity contribution in [1.29, 1.82) is 0 Å². The number of imidazole rings is 2. The molecule has 0 saturated carbocycles. The van der Waals surface area contributed by atoms with E-state index < -0.39 is 16.1 Å². The van der Waals surface area contributed by atoms with Crippen LogP contribution < -0.4 is 41.5 Å². The molecule has 372 valence electrons. The molecule has 15 aromatic rings. The standard InChI is InChI=1S/C70H49N7Si2/c1-7-27-51(28-8-1)78(52-29-9-2-10-30-52,53-31-11-3-12-32-53)57-39-25-26-50(48-57)67-72-68(74-69(73-67)77-65-45-24-23-44-64(65)76-63-43-22-20-41-61(63)71-70(76)77)75-62-42-21-19-40-59(62)60-47-46-58(49-66(60)75)79(54-33-13-4-14-34-54,55-35-15-5-16-36-55)56-37-17-6-18-38-56/h1-49H. The summed E-state index contributed by atoms with van der Waals surface area (Å²) in [7, 11) is -5.93. The van der Waals surface area contributed by atoms with Crippen LogP contribution in [0.15, 0.2) is 297 Å². The second-order valence-electron chi connectivity index (χ2n) is 20.2. The highest BCUT2D eigenvalue weighted by Gasteiger charge is 2.43. The van der Waals surface area contributed by atoms with Crippen LogP contribution in [-0.4, -0.2) is 49.6 Å². The monoisotopic (exact) mass is 1040 g/mol. The maximum Gasteiger partial charge on any atom is 0.242 e. The van der Waals surface area contributed by atoms with Gasteiger partial charge in [-0.15, -0.1) is 0 Å². The van der Waals surface area contributed by atoms with E-state index in [0.717, 1.165) is 55.2 Å². The van der Waals surface area contributed by atoms with E-state index in [1.165, 1.54) is 41.5 Å². The molecule has 0 fully saturated rings. The van der Waals surface area contributed by atoms with Gasteiger partial charge in [-0.1, -0.05) is 261 Å². The van der Waals surface area contributed by atoms with E-state index in [9.17, 15) is 0 Å². The molecule has 0 spiro atoms. The Balaban J connectivity index is 1.04. The summed E-state index contributed by atoms with van der Waals surface area (Å²) in [5, 5.41) is 12.5. The molecule has 0 radical (unpaired) electrons. The van der Waals surface area contributed by atoms with Gasteiger partial charge in [0.15, 0.2) is 22.0 Å². The molecular formula is C70H49N7Si2. The maximum atomic E-state index is 5.69. The number of hydrogen-bond acceptors (Lipinski definition) is 4. The molecule has 4 heterocycles. The molecule has 79 heavy (non-hydrogen) atoms. The summed E-state index contributed by atoms with van der Waals surface area (Å²) < 4.78 is 6.61. The summed E-state index contributed by atoms with van der Waals surface area (Å²) in [5.74, 6) is 2.24. The number of para-hydroxylation sites is 5. The second kappa shape index (κ2) is 18.9. The Morgan fingerprint density at radius 3 is 1.19 bits per heavy atom. The van der Waals surface area contributed by atoms with Crippen molar-refractivity contribution in [2.24, 2.45) is 0 Å². The molecule has 0 amide bonds.